The Labute approximate surface area is 210 Å². The van der Waals surface area contributed by atoms with E-state index in [-0.39, 0.29) is 5.91 Å². The van der Waals surface area contributed by atoms with Gasteiger partial charge in [0.05, 0.1) is 12.3 Å². The zero-order valence-corrected chi connectivity index (χ0v) is 22.3. The van der Waals surface area contributed by atoms with Crippen molar-refractivity contribution in [2.45, 2.75) is 46.0 Å². The number of nitrogens with zero attached hydrogens (tertiary/aromatic N) is 4. The van der Waals surface area contributed by atoms with E-state index < -0.39 is 10.0 Å². The van der Waals surface area contributed by atoms with Gasteiger partial charge in [-0.05, 0) is 92.3 Å². The van der Waals surface area contributed by atoms with E-state index in [0.717, 1.165) is 51.8 Å². The van der Waals surface area contributed by atoms with Crippen molar-refractivity contribution < 1.29 is 9.53 Å². The van der Waals surface area contributed by atoms with Crippen molar-refractivity contribution in [3.63, 3.8) is 0 Å². The number of carbonyl (C=O) groups excluding carboxylic acids is 1. The molecular weight excluding hydrogens is 456 g/mol. The van der Waals surface area contributed by atoms with Gasteiger partial charge < -0.3 is 14.2 Å². The molecule has 1 fully saturated rings. The van der Waals surface area contributed by atoms with E-state index >= 15 is 0 Å². The normalized spacial score (nSPS) is 17.1. The van der Waals surface area contributed by atoms with Gasteiger partial charge in [0.1, 0.15) is 12.4 Å². The minimum absolute atomic E-state index is 0.173. The standard InChI is InChI=1S/C28H36N4O2S/c1-19-16-31(18-34-12-13-35(3,4)5)27(30-19)26-15-23(10-11-29-26)22-8-9-25-24(14-22)17-32(28(25)33)20(2)21-6-7-21/h8-11,14-16,20-21H,6-7,12-13,17-18H2,1-5H3/t20-/m0/s1. The topological polar surface area (TPSA) is 60.2 Å². The number of fused-ring (bicyclic) bond motifs is 1. The van der Waals surface area contributed by atoms with Gasteiger partial charge in [0.25, 0.3) is 5.91 Å². The van der Waals surface area contributed by atoms with Gasteiger partial charge >= 0.3 is 0 Å². The highest BCUT2D eigenvalue weighted by Gasteiger charge is 2.38. The first-order valence-electron chi connectivity index (χ1n) is 12.4. The first kappa shape index (κ1) is 24.1. The predicted molar refractivity (Wildman–Crippen MR) is 144 cm³/mol. The summed E-state index contributed by atoms with van der Waals surface area (Å²) >= 11 is 0. The highest BCUT2D eigenvalue weighted by Crippen LogP contribution is 2.39. The molecule has 2 aliphatic rings. The highest BCUT2D eigenvalue weighted by atomic mass is 32.3. The van der Waals surface area contributed by atoms with Crippen LogP contribution in [0.25, 0.3) is 22.6 Å². The van der Waals surface area contributed by atoms with E-state index in [4.69, 9.17) is 9.72 Å². The second-order valence-corrected chi connectivity index (χ2v) is 15.4. The largest absolute Gasteiger partial charge is 0.360 e. The van der Waals surface area contributed by atoms with Crippen LogP contribution in [0.4, 0.5) is 0 Å². The van der Waals surface area contributed by atoms with Crippen LogP contribution in [0, 0.1) is 12.8 Å². The van der Waals surface area contributed by atoms with Crippen molar-refractivity contribution in [1.82, 2.24) is 19.4 Å². The number of aryl methyl sites for hydroxylation is 1. The summed E-state index contributed by atoms with van der Waals surface area (Å²) < 4.78 is 8.02. The average molecular weight is 493 g/mol. The van der Waals surface area contributed by atoms with Crippen LogP contribution >= 0.6 is 10.0 Å². The average Bonchev–Trinajstić information content (AvgIpc) is 3.53. The summed E-state index contributed by atoms with van der Waals surface area (Å²) in [6.45, 7) is 6.10. The zero-order valence-electron chi connectivity index (χ0n) is 21.5. The number of imidazole rings is 1. The number of benzene rings is 1. The molecule has 0 spiro atoms. The Bertz CT molecular complexity index is 1240. The summed E-state index contributed by atoms with van der Waals surface area (Å²) in [5.74, 6) is 2.74. The van der Waals surface area contributed by atoms with Gasteiger partial charge in [-0.1, -0.05) is 6.07 Å². The molecule has 3 heterocycles. The second-order valence-electron chi connectivity index (χ2n) is 10.8. The fourth-order valence-electron chi connectivity index (χ4n) is 4.74. The molecule has 6 nitrogen and oxygen atoms in total. The van der Waals surface area contributed by atoms with Gasteiger partial charge in [-0.3, -0.25) is 9.78 Å². The minimum atomic E-state index is -0.576. The predicted octanol–water partition coefficient (Wildman–Crippen LogP) is 5.34. The van der Waals surface area contributed by atoms with Gasteiger partial charge in [0, 0.05) is 36.3 Å². The van der Waals surface area contributed by atoms with Gasteiger partial charge in [-0.25, -0.2) is 15.0 Å². The Morgan fingerprint density at radius 1 is 1.14 bits per heavy atom. The number of aromatic nitrogens is 3. The number of carbonyl (C=O) groups is 1. The first-order chi connectivity index (χ1) is 16.7. The maximum atomic E-state index is 13.0. The lowest BCUT2D eigenvalue weighted by Crippen LogP contribution is -2.34. The third-order valence-electron chi connectivity index (χ3n) is 7.02. The van der Waals surface area contributed by atoms with E-state index in [9.17, 15) is 4.79 Å². The fourth-order valence-corrected chi connectivity index (χ4v) is 5.36. The monoisotopic (exact) mass is 492 g/mol. The number of amides is 1. The maximum Gasteiger partial charge on any atom is 0.254 e. The summed E-state index contributed by atoms with van der Waals surface area (Å²) in [4.78, 5) is 24.4. The molecule has 5 rings (SSSR count). The van der Waals surface area contributed by atoms with E-state index in [1.54, 1.807) is 0 Å². The van der Waals surface area contributed by atoms with E-state index in [1.807, 2.05) is 40.9 Å². The van der Waals surface area contributed by atoms with E-state index in [0.29, 0.717) is 25.2 Å². The number of hydrogen-bond donors (Lipinski definition) is 0. The zero-order chi connectivity index (χ0) is 24.7. The summed E-state index contributed by atoms with van der Waals surface area (Å²) in [6.07, 6.45) is 13.2. The molecule has 3 aromatic rings. The molecule has 0 N–H and O–H groups in total. The second kappa shape index (κ2) is 9.43. The van der Waals surface area contributed by atoms with Crippen LogP contribution in [0.5, 0.6) is 0 Å². The number of pyridine rings is 1. The van der Waals surface area contributed by atoms with Crippen LogP contribution in [-0.2, 0) is 18.0 Å². The lowest BCUT2D eigenvalue weighted by atomic mass is 10.0. The third kappa shape index (κ3) is 5.31. The van der Waals surface area contributed by atoms with Gasteiger partial charge in [0.2, 0.25) is 0 Å². The van der Waals surface area contributed by atoms with Crippen LogP contribution in [0.15, 0.2) is 42.7 Å². The Hall–Kier alpha value is -2.64. The molecule has 186 valence electrons. The summed E-state index contributed by atoms with van der Waals surface area (Å²) in [7, 11) is -0.576. The molecule has 0 saturated heterocycles. The van der Waals surface area contributed by atoms with E-state index in [1.165, 1.54) is 12.8 Å². The maximum absolute atomic E-state index is 13.0. The van der Waals surface area contributed by atoms with Crippen LogP contribution in [0.3, 0.4) is 0 Å². The van der Waals surface area contributed by atoms with Crippen molar-refractivity contribution in [3.8, 4) is 22.6 Å². The SMILES string of the molecule is Cc1cn(COCCS(C)(C)C)c(-c2cc(-c3ccc4c(c3)CN([C@@H](C)C3CC3)C4=O)ccn2)n1. The molecule has 2 aromatic heterocycles. The lowest BCUT2D eigenvalue weighted by Gasteiger charge is -2.24. The molecule has 1 atom stereocenters. The third-order valence-corrected chi connectivity index (χ3v) is 8.41. The van der Waals surface area contributed by atoms with Crippen molar-refractivity contribution in [2.24, 2.45) is 5.92 Å². The molecule has 0 bridgehead atoms. The van der Waals surface area contributed by atoms with Crippen molar-refractivity contribution in [2.75, 3.05) is 31.1 Å². The smallest absolute Gasteiger partial charge is 0.254 e. The number of hydrogen-bond acceptors (Lipinski definition) is 4. The van der Waals surface area contributed by atoms with Gasteiger partial charge in [-0.15, -0.1) is 0 Å². The molecule has 1 aromatic carbocycles. The molecule has 1 saturated carbocycles. The molecule has 0 unspecified atom stereocenters. The lowest BCUT2D eigenvalue weighted by molar-refractivity contribution is 0.0697. The molecule has 35 heavy (non-hydrogen) atoms. The molecule has 7 heteroatoms. The molecule has 1 aliphatic carbocycles. The summed E-state index contributed by atoms with van der Waals surface area (Å²) in [6, 6.07) is 10.6. The first-order valence-corrected chi connectivity index (χ1v) is 15.4. The van der Waals surface area contributed by atoms with Crippen LogP contribution in [0.1, 0.15) is 41.4 Å². The van der Waals surface area contributed by atoms with Crippen LogP contribution < -0.4 is 0 Å². The molecule has 0 radical (unpaired) electrons. The molecular formula is C28H36N4O2S. The van der Waals surface area contributed by atoms with Crippen LogP contribution in [0.2, 0.25) is 0 Å². The Morgan fingerprint density at radius 2 is 1.91 bits per heavy atom. The molecule has 1 aliphatic heterocycles. The van der Waals surface area contributed by atoms with Gasteiger partial charge in [0.15, 0.2) is 5.82 Å². The minimum Gasteiger partial charge on any atom is -0.360 e. The summed E-state index contributed by atoms with van der Waals surface area (Å²) in [5.41, 5.74) is 5.89. The van der Waals surface area contributed by atoms with Crippen LogP contribution in [-0.4, -0.2) is 62.5 Å². The molecule has 1 amide bonds. The Kier molecular flexibility index (Phi) is 6.49. The highest BCUT2D eigenvalue weighted by molar-refractivity contribution is 8.32. The number of rotatable bonds is 9. The Balaban J connectivity index is 1.35. The summed E-state index contributed by atoms with van der Waals surface area (Å²) in [5, 5.41) is 0. The van der Waals surface area contributed by atoms with Gasteiger partial charge in [-0.2, -0.15) is 0 Å². The van der Waals surface area contributed by atoms with Crippen molar-refractivity contribution in [3.05, 3.63) is 59.5 Å². The van der Waals surface area contributed by atoms with Crippen molar-refractivity contribution >= 4 is 15.9 Å². The number of ether oxygens (including phenoxy) is 1. The van der Waals surface area contributed by atoms with Crippen molar-refractivity contribution in [1.29, 1.82) is 0 Å². The van der Waals surface area contributed by atoms with E-state index in [2.05, 4.69) is 48.9 Å². The fraction of sp³-hybridized carbons (Fsp3) is 0.464. The quantitative estimate of drug-likeness (QED) is 0.378. The Morgan fingerprint density at radius 3 is 2.66 bits per heavy atom.